The Labute approximate surface area is 411 Å². The Morgan fingerprint density at radius 3 is 2.03 bits per heavy atom. The predicted octanol–water partition coefficient (Wildman–Crippen LogP) is 7.13. The number of unbranched alkanes of at least 4 members (excludes halogenated alkanes) is 7. The minimum Gasteiger partial charge on any atom is -0.462 e. The van der Waals surface area contributed by atoms with Gasteiger partial charge in [0.05, 0.1) is 25.4 Å². The van der Waals surface area contributed by atoms with Gasteiger partial charge in [-0.15, -0.1) is 0 Å². The van der Waals surface area contributed by atoms with Crippen LogP contribution in [0.1, 0.15) is 130 Å². The Bertz CT molecular complexity index is 2010. The number of esters is 2. The normalized spacial score (nSPS) is 20.9. The highest BCUT2D eigenvalue weighted by Crippen LogP contribution is 2.60. The van der Waals surface area contributed by atoms with Crippen LogP contribution in [0.4, 0.5) is 5.82 Å². The van der Waals surface area contributed by atoms with Crippen LogP contribution in [-0.4, -0.2) is 108 Å². The Kier molecular flexibility index (Phi) is 31.4. The van der Waals surface area contributed by atoms with Crippen LogP contribution in [0.5, 0.6) is 0 Å². The van der Waals surface area contributed by atoms with Crippen LogP contribution in [0.25, 0.3) is 0 Å². The minimum atomic E-state index is -5.46. The molecule has 0 aromatic carbocycles. The number of carbonyl (C=O) groups excluding carboxylic acids is 2. The minimum absolute atomic E-state index is 0.0850. The second-order valence-corrected chi connectivity index (χ2v) is 20.2. The predicted molar refractivity (Wildman–Crippen MR) is 264 cm³/mol. The molecule has 0 saturated carbocycles. The van der Waals surface area contributed by atoms with E-state index in [0.29, 0.717) is 31.6 Å². The van der Waals surface area contributed by atoms with Crippen LogP contribution in [0.15, 0.2) is 90.0 Å². The molecule has 2 heterocycles. The number of anilines is 1. The van der Waals surface area contributed by atoms with Crippen LogP contribution >= 0.6 is 15.6 Å². The lowest BCUT2D eigenvalue weighted by Gasteiger charge is -2.21. The summed E-state index contributed by atoms with van der Waals surface area (Å²) in [5.74, 6) is -0.781. The molecule has 20 nitrogen and oxygen atoms in total. The first kappa shape index (κ1) is 62.2. The summed E-state index contributed by atoms with van der Waals surface area (Å²) in [5.41, 5.74) is 4.56. The number of hydrogen-bond donors (Lipinski definition) is 7. The van der Waals surface area contributed by atoms with Gasteiger partial charge in [0, 0.05) is 19.0 Å². The van der Waals surface area contributed by atoms with Gasteiger partial charge in [0.1, 0.15) is 30.7 Å². The molecule has 8 N–H and O–H groups in total. The molecule has 9 atom stereocenters. The Balaban J connectivity index is 1.88. The highest BCUT2D eigenvalue weighted by molar-refractivity contribution is 7.61. The number of carbonyl (C=O) groups is 2. The van der Waals surface area contributed by atoms with Gasteiger partial charge >= 0.3 is 33.3 Å². The van der Waals surface area contributed by atoms with Gasteiger partial charge in [-0.05, 0) is 50.5 Å². The van der Waals surface area contributed by atoms with E-state index in [-0.39, 0.29) is 25.1 Å². The number of phosphoric ester groups is 2. The lowest BCUT2D eigenvalue weighted by molar-refractivity contribution is -0.161. The number of aliphatic hydroxyl groups excluding tert-OH is 4. The van der Waals surface area contributed by atoms with Crippen molar-refractivity contribution >= 4 is 33.4 Å². The third kappa shape index (κ3) is 28.8. The van der Waals surface area contributed by atoms with E-state index in [1.54, 1.807) is 48.6 Å². The second kappa shape index (κ2) is 35.3. The number of allylic oxidation sites excluding steroid dienone is 8. The number of nitrogen functional groups attached to an aromatic ring is 1. The van der Waals surface area contributed by atoms with E-state index in [0.717, 1.165) is 42.9 Å². The van der Waals surface area contributed by atoms with Crippen molar-refractivity contribution in [3.63, 3.8) is 0 Å². The molecular formula is C48H77N3O17P2. The summed E-state index contributed by atoms with van der Waals surface area (Å²) in [6.45, 7) is 4.00. The number of nitrogens with zero attached hydrogens (tertiary/aromatic N) is 2. The first-order valence-electron chi connectivity index (χ1n) is 24.0. The molecule has 0 amide bonds. The van der Waals surface area contributed by atoms with Crippen molar-refractivity contribution in [3.05, 3.63) is 95.7 Å². The van der Waals surface area contributed by atoms with E-state index in [1.165, 1.54) is 31.7 Å². The number of nitrogens with two attached hydrogens (primary N) is 1. The molecule has 2 rings (SSSR count). The van der Waals surface area contributed by atoms with Gasteiger partial charge in [-0.1, -0.05) is 145 Å². The number of phosphoric acid groups is 2. The van der Waals surface area contributed by atoms with Crippen LogP contribution in [0.3, 0.4) is 0 Å². The molecule has 0 aliphatic carbocycles. The smallest absolute Gasteiger partial charge is 0.462 e. The van der Waals surface area contributed by atoms with Crippen molar-refractivity contribution in [2.24, 2.45) is 5.92 Å². The number of rotatable bonds is 37. The molecule has 0 spiro atoms. The molecule has 1 aliphatic rings. The quantitative estimate of drug-likeness (QED) is 0.0115. The zero-order valence-electron chi connectivity index (χ0n) is 40.7. The largest absolute Gasteiger partial charge is 0.481 e. The number of aromatic nitrogens is 2. The standard InChI is InChI=1S/C48H77N3O17P2/c1-4-5-18-26-38(52)28-21-16-17-22-29-39(53)27-20-13-10-11-15-24-31-44(55)66-40(34-63-43(54)30-23-14-9-7-6-8-12-19-25-37(2)3)35-64-69(59,60)68-70(61,62)65-36-41-45(56)46(57)47(67-41)51-33-32-42(49)50-48(51)58/h5,11,13,15-18,20-22,28-29,32-33,37-41,45-47,52-53,56-57H,4,6-10,12,14,19,23-27,30-31,34-36H2,1-3H3,(H,59,60)(H,61,62)(H2,49,50,58)/b15-11-,17-16-,18-5-,20-13-,28-21+,29-22+/t38-,39+,40+,41+,45+,46+,47+/m0/s1. The van der Waals surface area contributed by atoms with Gasteiger partial charge in [-0.25, -0.2) is 13.9 Å². The van der Waals surface area contributed by atoms with Crippen molar-refractivity contribution in [1.29, 1.82) is 0 Å². The van der Waals surface area contributed by atoms with Gasteiger partial charge in [0.25, 0.3) is 0 Å². The molecule has 22 heteroatoms. The molecule has 1 aromatic rings. The fourth-order valence-corrected chi connectivity index (χ4v) is 8.75. The summed E-state index contributed by atoms with van der Waals surface area (Å²) < 4.78 is 56.5. The Hall–Kier alpha value is -3.88. The van der Waals surface area contributed by atoms with Crippen LogP contribution in [0.2, 0.25) is 0 Å². The second-order valence-electron chi connectivity index (χ2n) is 17.1. The highest BCUT2D eigenvalue weighted by Gasteiger charge is 2.46. The topological polar surface area (TPSA) is 306 Å². The molecule has 70 heavy (non-hydrogen) atoms. The van der Waals surface area contributed by atoms with E-state index < -0.39 is 95.9 Å². The Morgan fingerprint density at radius 2 is 1.40 bits per heavy atom. The molecule has 396 valence electrons. The molecule has 1 saturated heterocycles. The summed E-state index contributed by atoms with van der Waals surface area (Å²) in [6, 6.07) is 1.23. The van der Waals surface area contributed by atoms with Gasteiger partial charge in [-0.2, -0.15) is 9.29 Å². The molecule has 1 aromatic heterocycles. The molecule has 1 fully saturated rings. The van der Waals surface area contributed by atoms with Crippen molar-refractivity contribution < 1.29 is 76.5 Å². The van der Waals surface area contributed by atoms with Gasteiger partial charge in [0.2, 0.25) is 0 Å². The summed E-state index contributed by atoms with van der Waals surface area (Å²) >= 11 is 0. The van der Waals surface area contributed by atoms with E-state index in [1.807, 2.05) is 31.2 Å². The van der Waals surface area contributed by atoms with E-state index >= 15 is 0 Å². The fourth-order valence-electron chi connectivity index (χ4n) is 6.64. The maximum absolute atomic E-state index is 12.8. The summed E-state index contributed by atoms with van der Waals surface area (Å²) in [7, 11) is -10.9. The van der Waals surface area contributed by atoms with Crippen molar-refractivity contribution in [2.45, 2.75) is 166 Å². The van der Waals surface area contributed by atoms with E-state index in [4.69, 9.17) is 29.0 Å². The van der Waals surface area contributed by atoms with Crippen LogP contribution in [0, 0.1) is 5.92 Å². The first-order chi connectivity index (χ1) is 33.3. The van der Waals surface area contributed by atoms with E-state index in [9.17, 15) is 53.7 Å². The average molecular weight is 1030 g/mol. The SMILES string of the molecule is CC/C=C\C[C@H](O)/C=C/C=C\C=C\[C@H](O)C/C=C\C/C=C\CCC(=O)O[C@H](COC(=O)CCCCCCCCCCC(C)C)COP(=O)(O)OP(=O)(O)OC[C@H]1O[C@@H](n2ccc(N)nc2=O)[C@H](O)[C@@H]1O. The number of hydrogen-bond acceptors (Lipinski definition) is 17. The van der Waals surface area contributed by atoms with E-state index in [2.05, 4.69) is 23.1 Å². The van der Waals surface area contributed by atoms with Gasteiger partial charge in [-0.3, -0.25) is 23.2 Å². The molecule has 0 bridgehead atoms. The average Bonchev–Trinajstić information content (AvgIpc) is 3.57. The summed E-state index contributed by atoms with van der Waals surface area (Å²) in [4.78, 5) is 61.7. The van der Waals surface area contributed by atoms with Crippen molar-refractivity contribution in [1.82, 2.24) is 9.55 Å². The van der Waals surface area contributed by atoms with Gasteiger partial charge in [0.15, 0.2) is 12.3 Å². The van der Waals surface area contributed by atoms with Crippen molar-refractivity contribution in [3.8, 4) is 0 Å². The Morgan fingerprint density at radius 1 is 0.800 bits per heavy atom. The molecule has 2 unspecified atom stereocenters. The number of aliphatic hydroxyl groups is 4. The summed E-state index contributed by atoms with van der Waals surface area (Å²) in [5, 5.41) is 40.9. The van der Waals surface area contributed by atoms with Gasteiger partial charge < -0.3 is 50.2 Å². The first-order valence-corrected chi connectivity index (χ1v) is 27.0. The maximum Gasteiger partial charge on any atom is 0.481 e. The maximum atomic E-state index is 12.8. The van der Waals surface area contributed by atoms with Crippen LogP contribution in [-0.2, 0) is 46.3 Å². The zero-order valence-corrected chi connectivity index (χ0v) is 42.5. The number of ether oxygens (including phenoxy) is 3. The molecule has 1 aliphatic heterocycles. The highest BCUT2D eigenvalue weighted by atomic mass is 31.3. The lowest BCUT2D eigenvalue weighted by atomic mass is 10.0. The molecule has 0 radical (unpaired) electrons. The lowest BCUT2D eigenvalue weighted by Crippen LogP contribution is -2.36. The fraction of sp³-hybridized carbons (Fsp3) is 0.625. The zero-order chi connectivity index (χ0) is 51.8. The monoisotopic (exact) mass is 1030 g/mol. The third-order valence-corrected chi connectivity index (χ3v) is 13.0. The summed E-state index contributed by atoms with van der Waals surface area (Å²) in [6.07, 6.45) is 25.3. The van der Waals surface area contributed by atoms with Crippen molar-refractivity contribution in [2.75, 3.05) is 25.6 Å². The molecular weight excluding hydrogens is 952 g/mol. The van der Waals surface area contributed by atoms with Crippen LogP contribution < -0.4 is 11.4 Å². The third-order valence-electron chi connectivity index (χ3n) is 10.4.